The van der Waals surface area contributed by atoms with E-state index in [1.165, 1.54) is 21.9 Å². The van der Waals surface area contributed by atoms with Gasteiger partial charge in [-0.3, -0.25) is 33.6 Å². The maximum Gasteiger partial charge on any atom is 0.326 e. The van der Waals surface area contributed by atoms with Crippen molar-refractivity contribution in [2.75, 3.05) is 19.6 Å². The molecule has 0 aliphatic carbocycles. The van der Waals surface area contributed by atoms with Crippen LogP contribution < -0.4 is 38.5 Å². The molecule has 2 fully saturated rings. The van der Waals surface area contributed by atoms with Crippen LogP contribution in [0.4, 0.5) is 0 Å². The lowest BCUT2D eigenvalue weighted by Crippen LogP contribution is -2.61. The minimum absolute atomic E-state index is 0.00299. The first-order valence-corrected chi connectivity index (χ1v) is 22.6. The van der Waals surface area contributed by atoms with Gasteiger partial charge in [-0.15, -0.1) is 0 Å². The highest BCUT2D eigenvalue weighted by Crippen LogP contribution is 2.25. The Labute approximate surface area is 383 Å². The van der Waals surface area contributed by atoms with E-state index in [1.807, 2.05) is 31.2 Å². The first-order valence-electron chi connectivity index (χ1n) is 22.6. The third-order valence-corrected chi connectivity index (χ3v) is 12.5. The largest absolute Gasteiger partial charge is 0.508 e. The number of benzene rings is 2. The average molecular weight is 917 g/mol. The Kier molecular flexibility index (Phi) is 18.0. The number of nitrogens with two attached hydrogens (primary N) is 3. The van der Waals surface area contributed by atoms with Gasteiger partial charge in [-0.1, -0.05) is 57.0 Å². The fourth-order valence-electron chi connectivity index (χ4n) is 8.57. The molecule has 0 spiro atoms. The van der Waals surface area contributed by atoms with Crippen LogP contribution in [0.5, 0.6) is 5.75 Å². The van der Waals surface area contributed by atoms with Crippen molar-refractivity contribution in [1.29, 1.82) is 0 Å². The molecule has 0 saturated carbocycles. The number of unbranched alkanes of at least 4 members (excludes halogenated alkanes) is 1. The van der Waals surface area contributed by atoms with Crippen LogP contribution in [-0.2, 0) is 51.2 Å². The Balaban J connectivity index is 1.36. The number of carboxylic acids is 1. The Morgan fingerprint density at radius 3 is 2.02 bits per heavy atom. The maximum atomic E-state index is 14.6. The number of aromatic nitrogens is 1. The molecular weight excluding hydrogens is 853 g/mol. The summed E-state index contributed by atoms with van der Waals surface area (Å²) in [6, 6.07) is 5.04. The number of amides is 7. The summed E-state index contributed by atoms with van der Waals surface area (Å²) < 4.78 is 0. The van der Waals surface area contributed by atoms with E-state index < -0.39 is 102 Å². The monoisotopic (exact) mass is 916 g/mol. The third-order valence-electron chi connectivity index (χ3n) is 12.5. The van der Waals surface area contributed by atoms with Crippen LogP contribution in [0.25, 0.3) is 10.9 Å². The van der Waals surface area contributed by atoms with E-state index in [0.29, 0.717) is 56.2 Å². The SMILES string of the molecule is CC[C@H](C)[C@H](NC(=O)[C@H](Cc1c[nH]c2ccccc12)NC(=O)[C@@H]1CCCN1C(=O)[C@H](CC(N)=O)NC(=O)[C@@H](N)CCCCN)C(=O)N1CCC[C@H]1C(=O)N[C@@H](Cc1ccc(O)cc1)C(=O)O. The number of aliphatic carboxylic acids is 1. The summed E-state index contributed by atoms with van der Waals surface area (Å²) in [7, 11) is 0. The molecule has 66 heavy (non-hydrogen) atoms. The van der Waals surface area contributed by atoms with E-state index in [9.17, 15) is 48.6 Å². The summed E-state index contributed by atoms with van der Waals surface area (Å²) >= 11 is 0. The first kappa shape index (κ1) is 50.5. The second-order valence-electron chi connectivity index (χ2n) is 17.3. The standard InChI is InChI=1S/C46H64N10O10/c1-3-26(2)39(45(64)56-21-9-14-37(56)43(62)53-35(46(65)66)22-27-15-17-29(57)18-16-27)54-41(60)33(23-28-25-50-32-12-5-4-10-30(28)32)51-42(61)36-13-8-20-55(36)44(63)34(24-38(49)58)52-40(59)31(48)11-6-7-19-47/h4-5,10,12,15-18,25-26,31,33-37,39,50,57H,3,6-9,11,13-14,19-24,47-48H2,1-2H3,(H2,49,58)(H,51,61)(H,52,59)(H,53,62)(H,54,60)(H,65,66)/t26-,31-,33-,34-,35-,36-,37-,39-/m0/s1. The lowest BCUT2D eigenvalue weighted by atomic mass is 9.96. The second-order valence-corrected chi connectivity index (χ2v) is 17.3. The maximum absolute atomic E-state index is 14.6. The molecule has 3 heterocycles. The molecule has 20 heteroatoms. The van der Waals surface area contributed by atoms with Crippen molar-refractivity contribution >= 4 is 58.2 Å². The summed E-state index contributed by atoms with van der Waals surface area (Å²) in [6.07, 6.45) is 4.34. The van der Waals surface area contributed by atoms with Gasteiger partial charge in [-0.25, -0.2) is 4.79 Å². The summed E-state index contributed by atoms with van der Waals surface area (Å²) in [5.41, 5.74) is 19.1. The van der Waals surface area contributed by atoms with Crippen molar-refractivity contribution in [3.8, 4) is 5.75 Å². The number of fused-ring (bicyclic) bond motifs is 1. The van der Waals surface area contributed by atoms with Gasteiger partial charge in [0.2, 0.25) is 41.4 Å². The molecule has 13 N–H and O–H groups in total. The number of likely N-dealkylation sites (tertiary alicyclic amines) is 2. The molecule has 2 aliphatic rings. The lowest BCUT2D eigenvalue weighted by molar-refractivity contribution is -0.145. The van der Waals surface area contributed by atoms with Crippen LogP contribution in [-0.4, -0.2) is 134 Å². The number of hydrogen-bond acceptors (Lipinski definition) is 11. The van der Waals surface area contributed by atoms with E-state index in [2.05, 4.69) is 26.3 Å². The Morgan fingerprint density at radius 2 is 1.41 bits per heavy atom. The molecule has 0 bridgehead atoms. The lowest BCUT2D eigenvalue weighted by Gasteiger charge is -2.33. The number of hydrogen-bond donors (Lipinski definition) is 10. The van der Waals surface area contributed by atoms with Crippen molar-refractivity contribution < 1.29 is 48.6 Å². The summed E-state index contributed by atoms with van der Waals surface area (Å²) in [5, 5.41) is 31.3. The fraction of sp³-hybridized carbons (Fsp3) is 0.522. The van der Waals surface area contributed by atoms with Gasteiger partial charge < -0.3 is 63.5 Å². The smallest absolute Gasteiger partial charge is 0.326 e. The van der Waals surface area contributed by atoms with E-state index >= 15 is 0 Å². The van der Waals surface area contributed by atoms with Gasteiger partial charge in [0.1, 0.15) is 42.0 Å². The van der Waals surface area contributed by atoms with Crippen molar-refractivity contribution in [3.63, 3.8) is 0 Å². The normalized spacial score (nSPS) is 18.7. The van der Waals surface area contributed by atoms with Crippen molar-refractivity contribution in [2.45, 2.75) is 127 Å². The van der Waals surface area contributed by atoms with Gasteiger partial charge in [0.15, 0.2) is 0 Å². The number of nitrogens with one attached hydrogen (secondary N) is 5. The van der Waals surface area contributed by atoms with Gasteiger partial charge in [0.05, 0.1) is 12.5 Å². The number of H-pyrrole nitrogens is 1. The molecule has 1 aromatic heterocycles. The number of primary amides is 1. The summed E-state index contributed by atoms with van der Waals surface area (Å²) in [4.78, 5) is 114. The molecule has 358 valence electrons. The number of carboxylic acid groups (broad SMARTS) is 1. The number of phenolic OH excluding ortho intramolecular Hbond substituents is 1. The number of aromatic hydroxyl groups is 1. The Hall–Kier alpha value is -6.54. The van der Waals surface area contributed by atoms with Gasteiger partial charge in [-0.2, -0.15) is 0 Å². The minimum atomic E-state index is -1.40. The summed E-state index contributed by atoms with van der Waals surface area (Å²) in [6.45, 7) is 4.32. The number of carbonyl (C=O) groups excluding carboxylic acids is 7. The van der Waals surface area contributed by atoms with Crippen LogP contribution in [0, 0.1) is 5.92 Å². The van der Waals surface area contributed by atoms with Gasteiger partial charge in [0, 0.05) is 43.0 Å². The van der Waals surface area contributed by atoms with Crippen LogP contribution in [0.2, 0.25) is 0 Å². The van der Waals surface area contributed by atoms with Crippen LogP contribution >= 0.6 is 0 Å². The van der Waals surface area contributed by atoms with Gasteiger partial charge in [0.25, 0.3) is 0 Å². The highest BCUT2D eigenvalue weighted by molar-refractivity contribution is 5.99. The van der Waals surface area contributed by atoms with Crippen LogP contribution in [0.1, 0.15) is 82.8 Å². The highest BCUT2D eigenvalue weighted by atomic mass is 16.4. The van der Waals surface area contributed by atoms with Gasteiger partial charge >= 0.3 is 5.97 Å². The Bertz CT molecular complexity index is 2220. The molecule has 2 aromatic carbocycles. The summed E-state index contributed by atoms with van der Waals surface area (Å²) in [5.74, 6) is -6.56. The molecular formula is C46H64N10O10. The van der Waals surface area contributed by atoms with Crippen LogP contribution in [0.15, 0.2) is 54.7 Å². The predicted octanol–water partition coefficient (Wildman–Crippen LogP) is 0.0423. The zero-order chi connectivity index (χ0) is 48.1. The Morgan fingerprint density at radius 1 is 0.788 bits per heavy atom. The number of carbonyl (C=O) groups is 8. The number of rotatable bonds is 23. The second kappa shape index (κ2) is 23.6. The van der Waals surface area contributed by atoms with Crippen molar-refractivity contribution in [2.24, 2.45) is 23.1 Å². The molecule has 5 rings (SSSR count). The minimum Gasteiger partial charge on any atom is -0.508 e. The molecule has 0 unspecified atom stereocenters. The first-order chi connectivity index (χ1) is 31.5. The average Bonchev–Trinajstić information content (AvgIpc) is 4.08. The molecule has 0 radical (unpaired) electrons. The predicted molar refractivity (Wildman–Crippen MR) is 243 cm³/mol. The molecule has 2 saturated heterocycles. The molecule has 3 aromatic rings. The molecule has 8 atom stereocenters. The number of nitrogens with zero attached hydrogens (tertiary/aromatic N) is 2. The fourth-order valence-corrected chi connectivity index (χ4v) is 8.57. The number of para-hydroxylation sites is 1. The quantitative estimate of drug-likeness (QED) is 0.0564. The van der Waals surface area contributed by atoms with Crippen molar-refractivity contribution in [3.05, 3.63) is 65.9 Å². The molecule has 20 nitrogen and oxygen atoms in total. The van der Waals surface area contributed by atoms with Crippen LogP contribution in [0.3, 0.4) is 0 Å². The van der Waals surface area contributed by atoms with E-state index in [4.69, 9.17) is 17.2 Å². The zero-order valence-corrected chi connectivity index (χ0v) is 37.5. The highest BCUT2D eigenvalue weighted by Gasteiger charge is 2.43. The van der Waals surface area contributed by atoms with Gasteiger partial charge in [-0.05, 0) is 80.3 Å². The van der Waals surface area contributed by atoms with E-state index in [-0.39, 0.29) is 44.5 Å². The number of phenols is 1. The molecule has 7 amide bonds. The third kappa shape index (κ3) is 13.1. The molecule has 2 aliphatic heterocycles. The van der Waals surface area contributed by atoms with E-state index in [1.54, 1.807) is 25.3 Å². The van der Waals surface area contributed by atoms with Crippen molar-refractivity contribution in [1.82, 2.24) is 36.1 Å². The van der Waals surface area contributed by atoms with E-state index in [0.717, 1.165) is 10.9 Å². The zero-order valence-electron chi connectivity index (χ0n) is 37.5. The topological polar surface area (TPSA) is 325 Å². The number of aromatic amines is 1.